The second kappa shape index (κ2) is 5.72. The fourth-order valence-corrected chi connectivity index (χ4v) is 2.13. The van der Waals surface area contributed by atoms with Gasteiger partial charge in [-0.1, -0.05) is 0 Å². The molecule has 1 unspecified atom stereocenters. The number of hydrogen-bond acceptors (Lipinski definition) is 5. The SMILES string of the molecule is COC(=O)N1CCC(Nc2ccc([N+](=O)[O-])cc2F)C1. The first-order valence-electron chi connectivity index (χ1n) is 6.04. The normalized spacial score (nSPS) is 17.9. The highest BCUT2D eigenvalue weighted by Gasteiger charge is 2.27. The van der Waals surface area contributed by atoms with Gasteiger partial charge >= 0.3 is 6.09 Å². The highest BCUT2D eigenvalue weighted by Crippen LogP contribution is 2.23. The van der Waals surface area contributed by atoms with Gasteiger partial charge in [-0.05, 0) is 12.5 Å². The topological polar surface area (TPSA) is 84.7 Å². The van der Waals surface area contributed by atoms with E-state index in [1.54, 1.807) is 0 Å². The maximum absolute atomic E-state index is 13.7. The minimum atomic E-state index is -0.685. The van der Waals surface area contributed by atoms with Crippen LogP contribution in [0.1, 0.15) is 6.42 Å². The predicted octanol–water partition coefficient (Wildman–Crippen LogP) is 1.99. The van der Waals surface area contributed by atoms with E-state index in [1.807, 2.05) is 0 Å². The number of methoxy groups -OCH3 is 1. The molecule has 1 atom stereocenters. The first-order valence-corrected chi connectivity index (χ1v) is 6.04. The Morgan fingerprint density at radius 1 is 1.60 bits per heavy atom. The van der Waals surface area contributed by atoms with Crippen LogP contribution in [-0.2, 0) is 4.74 Å². The lowest BCUT2D eigenvalue weighted by Crippen LogP contribution is -2.31. The van der Waals surface area contributed by atoms with Gasteiger partial charge in [0.1, 0.15) is 0 Å². The Morgan fingerprint density at radius 2 is 2.35 bits per heavy atom. The summed E-state index contributed by atoms with van der Waals surface area (Å²) in [6, 6.07) is 3.33. The number of amides is 1. The lowest BCUT2D eigenvalue weighted by Gasteiger charge is -2.16. The zero-order valence-corrected chi connectivity index (χ0v) is 10.8. The quantitative estimate of drug-likeness (QED) is 0.677. The third-order valence-electron chi connectivity index (χ3n) is 3.14. The van der Waals surface area contributed by atoms with Gasteiger partial charge in [-0.15, -0.1) is 0 Å². The minimum Gasteiger partial charge on any atom is -0.453 e. The number of non-ortho nitro benzene ring substituents is 1. The summed E-state index contributed by atoms with van der Waals surface area (Å²) in [4.78, 5) is 22.7. The van der Waals surface area contributed by atoms with Crippen LogP contribution >= 0.6 is 0 Å². The number of carbonyl (C=O) groups is 1. The number of halogens is 1. The van der Waals surface area contributed by atoms with Crippen molar-refractivity contribution < 1.29 is 18.8 Å². The van der Waals surface area contributed by atoms with Crippen LogP contribution in [0.2, 0.25) is 0 Å². The molecule has 0 aliphatic carbocycles. The van der Waals surface area contributed by atoms with Crippen molar-refractivity contribution >= 4 is 17.5 Å². The number of rotatable bonds is 3. The molecule has 0 aromatic heterocycles. The molecule has 0 radical (unpaired) electrons. The second-order valence-corrected chi connectivity index (χ2v) is 4.47. The van der Waals surface area contributed by atoms with E-state index in [9.17, 15) is 19.3 Å². The van der Waals surface area contributed by atoms with Crippen molar-refractivity contribution in [2.24, 2.45) is 0 Å². The summed E-state index contributed by atoms with van der Waals surface area (Å²) in [6.45, 7) is 0.933. The highest BCUT2D eigenvalue weighted by molar-refractivity contribution is 5.68. The van der Waals surface area contributed by atoms with Gasteiger partial charge in [-0.2, -0.15) is 0 Å². The summed E-state index contributed by atoms with van der Waals surface area (Å²) in [6.07, 6.45) is 0.240. The Balaban J connectivity index is 2.01. The Kier molecular flexibility index (Phi) is 4.02. The average molecular weight is 283 g/mol. The van der Waals surface area contributed by atoms with E-state index in [-0.39, 0.29) is 17.4 Å². The molecule has 1 saturated heterocycles. The largest absolute Gasteiger partial charge is 0.453 e. The van der Waals surface area contributed by atoms with Gasteiger partial charge in [-0.3, -0.25) is 10.1 Å². The van der Waals surface area contributed by atoms with Crippen molar-refractivity contribution in [2.75, 3.05) is 25.5 Å². The smallest absolute Gasteiger partial charge is 0.409 e. The molecule has 1 fully saturated rings. The molecule has 7 nitrogen and oxygen atoms in total. The summed E-state index contributed by atoms with van der Waals surface area (Å²) < 4.78 is 18.3. The molecule has 0 spiro atoms. The number of benzene rings is 1. The molecule has 2 rings (SSSR count). The number of nitrogens with one attached hydrogen (secondary N) is 1. The molecular formula is C12H14FN3O4. The number of nitrogens with zero attached hydrogens (tertiary/aromatic N) is 2. The van der Waals surface area contributed by atoms with Crippen LogP contribution in [0.25, 0.3) is 0 Å². The summed E-state index contributed by atoms with van der Waals surface area (Å²) >= 11 is 0. The van der Waals surface area contributed by atoms with Gasteiger partial charge in [0.15, 0.2) is 5.82 Å². The summed E-state index contributed by atoms with van der Waals surface area (Å²) in [7, 11) is 1.30. The lowest BCUT2D eigenvalue weighted by atomic mass is 10.2. The van der Waals surface area contributed by atoms with E-state index in [4.69, 9.17) is 0 Å². The molecule has 1 N–H and O–H groups in total. The van der Waals surface area contributed by atoms with Crippen LogP contribution in [0.15, 0.2) is 18.2 Å². The van der Waals surface area contributed by atoms with Gasteiger partial charge < -0.3 is 15.0 Å². The van der Waals surface area contributed by atoms with Crippen molar-refractivity contribution in [3.05, 3.63) is 34.1 Å². The Bertz CT molecular complexity index is 537. The van der Waals surface area contributed by atoms with Crippen molar-refractivity contribution in [1.29, 1.82) is 0 Å². The summed E-state index contributed by atoms with van der Waals surface area (Å²) in [5.74, 6) is -0.685. The third-order valence-corrected chi connectivity index (χ3v) is 3.14. The van der Waals surface area contributed by atoms with Crippen LogP contribution in [0.3, 0.4) is 0 Å². The zero-order valence-electron chi connectivity index (χ0n) is 10.8. The van der Waals surface area contributed by atoms with Crippen LogP contribution in [0.4, 0.5) is 20.6 Å². The van der Waals surface area contributed by atoms with Gasteiger partial charge in [0.25, 0.3) is 5.69 Å². The fraction of sp³-hybridized carbons (Fsp3) is 0.417. The number of nitro groups is 1. The Morgan fingerprint density at radius 3 is 2.95 bits per heavy atom. The Hall–Kier alpha value is -2.38. The van der Waals surface area contributed by atoms with E-state index in [2.05, 4.69) is 10.1 Å². The summed E-state index contributed by atoms with van der Waals surface area (Å²) in [5, 5.41) is 13.5. The fourth-order valence-electron chi connectivity index (χ4n) is 2.13. The number of carbonyl (C=O) groups excluding carboxylic acids is 1. The van der Waals surface area contributed by atoms with Crippen molar-refractivity contribution in [2.45, 2.75) is 12.5 Å². The van der Waals surface area contributed by atoms with E-state index in [0.29, 0.717) is 19.5 Å². The number of hydrogen-bond donors (Lipinski definition) is 1. The van der Waals surface area contributed by atoms with Gasteiger partial charge in [0.2, 0.25) is 0 Å². The second-order valence-electron chi connectivity index (χ2n) is 4.47. The average Bonchev–Trinajstić information content (AvgIpc) is 2.88. The first-order chi connectivity index (χ1) is 9.51. The van der Waals surface area contributed by atoms with E-state index < -0.39 is 16.8 Å². The van der Waals surface area contributed by atoms with Crippen LogP contribution in [0, 0.1) is 15.9 Å². The number of anilines is 1. The molecule has 0 saturated carbocycles. The molecule has 1 aromatic carbocycles. The molecule has 1 aliphatic heterocycles. The van der Waals surface area contributed by atoms with Gasteiger partial charge in [0, 0.05) is 25.2 Å². The molecule has 8 heteroatoms. The molecule has 20 heavy (non-hydrogen) atoms. The zero-order chi connectivity index (χ0) is 14.7. The predicted molar refractivity (Wildman–Crippen MR) is 69.1 cm³/mol. The molecule has 1 amide bonds. The molecule has 1 aromatic rings. The van der Waals surface area contributed by atoms with Crippen LogP contribution in [0.5, 0.6) is 0 Å². The minimum absolute atomic E-state index is 0.106. The van der Waals surface area contributed by atoms with E-state index >= 15 is 0 Å². The van der Waals surface area contributed by atoms with Gasteiger partial charge in [-0.25, -0.2) is 9.18 Å². The monoisotopic (exact) mass is 283 g/mol. The first kappa shape index (κ1) is 14.0. The Labute approximate surface area is 114 Å². The number of ether oxygens (including phenoxy) is 1. The van der Waals surface area contributed by atoms with E-state index in [1.165, 1.54) is 24.1 Å². The molecule has 1 aliphatic rings. The molecule has 0 bridgehead atoms. The lowest BCUT2D eigenvalue weighted by molar-refractivity contribution is -0.385. The van der Waals surface area contributed by atoms with Crippen LogP contribution in [-0.4, -0.2) is 42.2 Å². The number of nitro benzene ring substituents is 1. The van der Waals surface area contributed by atoms with E-state index in [0.717, 1.165) is 6.07 Å². The maximum atomic E-state index is 13.7. The molecule has 1 heterocycles. The summed E-state index contributed by atoms with van der Waals surface area (Å²) in [5.41, 5.74) is -0.108. The van der Waals surface area contributed by atoms with Gasteiger partial charge in [0.05, 0.1) is 23.8 Å². The van der Waals surface area contributed by atoms with Crippen LogP contribution < -0.4 is 5.32 Å². The molecular weight excluding hydrogens is 269 g/mol. The van der Waals surface area contributed by atoms with Crippen molar-refractivity contribution in [3.8, 4) is 0 Å². The standard InChI is InChI=1S/C12H14FN3O4/c1-20-12(17)15-5-4-8(7-15)14-11-3-2-9(16(18)19)6-10(11)13/h2-3,6,8,14H,4-5,7H2,1H3. The van der Waals surface area contributed by atoms with Crippen molar-refractivity contribution in [3.63, 3.8) is 0 Å². The third kappa shape index (κ3) is 2.95. The maximum Gasteiger partial charge on any atom is 0.409 e. The van der Waals surface area contributed by atoms with Crippen molar-refractivity contribution in [1.82, 2.24) is 4.90 Å². The number of likely N-dealkylation sites (tertiary alicyclic amines) is 1. The highest BCUT2D eigenvalue weighted by atomic mass is 19.1. The molecule has 108 valence electrons.